The van der Waals surface area contributed by atoms with E-state index in [-0.39, 0.29) is 0 Å². The second-order valence-electron chi connectivity index (χ2n) is 6.47. The topological polar surface area (TPSA) is 0 Å². The van der Waals surface area contributed by atoms with E-state index in [1.165, 1.54) is 12.8 Å². The van der Waals surface area contributed by atoms with E-state index in [9.17, 15) is 0 Å². The fraction of sp³-hybridized carbons (Fsp3) is 1.00. The maximum Gasteiger partial charge on any atom is -0.0215 e. The second-order valence-corrected chi connectivity index (χ2v) is 6.47. The van der Waals surface area contributed by atoms with Gasteiger partial charge in [-0.2, -0.15) is 0 Å². The van der Waals surface area contributed by atoms with Gasteiger partial charge in [-0.15, -0.1) is 0 Å². The molecule has 74 valence electrons. The molecule has 0 N–H and O–H groups in total. The first-order valence-electron chi connectivity index (χ1n) is 6.14. The summed E-state index contributed by atoms with van der Waals surface area (Å²) >= 11 is 0. The highest BCUT2D eigenvalue weighted by Crippen LogP contribution is 2.69. The quantitative estimate of drug-likeness (QED) is 0.526. The van der Waals surface area contributed by atoms with Crippen molar-refractivity contribution in [2.45, 2.75) is 58.8 Å². The maximum absolute atomic E-state index is 2.54. The molecule has 0 aromatic rings. The smallest absolute Gasteiger partial charge is 0.0215 e. The molecule has 0 aliphatic heterocycles. The fourth-order valence-corrected chi connectivity index (χ4v) is 5.01. The van der Waals surface area contributed by atoms with Crippen LogP contribution in [0, 0.1) is 22.7 Å². The first-order valence-corrected chi connectivity index (χ1v) is 6.14. The molecule has 0 heteroatoms. The maximum atomic E-state index is 2.54. The fourth-order valence-electron chi connectivity index (χ4n) is 5.01. The van der Waals surface area contributed by atoms with Crippen molar-refractivity contribution in [1.29, 1.82) is 0 Å². The second kappa shape index (κ2) is 2.32. The highest BCUT2D eigenvalue weighted by molar-refractivity contribution is 5.09. The predicted molar refractivity (Wildman–Crippen MR) is 55.5 cm³/mol. The molecule has 0 saturated heterocycles. The summed E-state index contributed by atoms with van der Waals surface area (Å²) in [4.78, 5) is 0. The third-order valence-corrected chi connectivity index (χ3v) is 5.75. The van der Waals surface area contributed by atoms with Crippen LogP contribution in [0.2, 0.25) is 0 Å². The highest BCUT2D eigenvalue weighted by Gasteiger charge is 2.59. The van der Waals surface area contributed by atoms with Crippen LogP contribution in [0.1, 0.15) is 58.8 Å². The van der Waals surface area contributed by atoms with Gasteiger partial charge in [0.1, 0.15) is 0 Å². The van der Waals surface area contributed by atoms with Gasteiger partial charge >= 0.3 is 0 Å². The van der Waals surface area contributed by atoms with Crippen LogP contribution in [0.4, 0.5) is 0 Å². The molecule has 0 aromatic carbocycles. The van der Waals surface area contributed by atoms with Gasteiger partial charge in [-0.1, -0.05) is 26.7 Å². The van der Waals surface area contributed by atoms with Crippen LogP contribution in [0.5, 0.6) is 0 Å². The van der Waals surface area contributed by atoms with Crippen LogP contribution >= 0.6 is 0 Å². The molecule has 0 nitrogen and oxygen atoms in total. The Morgan fingerprint density at radius 2 is 1.92 bits per heavy atom. The Hall–Kier alpha value is 0. The normalized spacial score (nSPS) is 52.2. The first kappa shape index (κ1) is 8.32. The molecule has 3 atom stereocenters. The monoisotopic (exact) mass is 178 g/mol. The lowest BCUT2D eigenvalue weighted by Gasteiger charge is -2.45. The average Bonchev–Trinajstić information content (AvgIpc) is 2.68. The van der Waals surface area contributed by atoms with E-state index in [2.05, 4.69) is 13.8 Å². The molecular formula is C13H22. The number of hydrogen-bond donors (Lipinski definition) is 0. The van der Waals surface area contributed by atoms with Crippen LogP contribution in [-0.2, 0) is 0 Å². The zero-order chi connectivity index (χ0) is 9.10. The highest BCUT2D eigenvalue weighted by atomic mass is 14.6. The zero-order valence-corrected chi connectivity index (χ0v) is 9.10. The van der Waals surface area contributed by atoms with Gasteiger partial charge < -0.3 is 0 Å². The Morgan fingerprint density at radius 3 is 2.38 bits per heavy atom. The molecule has 3 saturated carbocycles. The molecule has 13 heavy (non-hydrogen) atoms. The lowest BCUT2D eigenvalue weighted by atomic mass is 9.60. The van der Waals surface area contributed by atoms with Gasteiger partial charge in [0.15, 0.2) is 0 Å². The van der Waals surface area contributed by atoms with Crippen LogP contribution in [0.3, 0.4) is 0 Å². The third kappa shape index (κ3) is 0.877. The summed E-state index contributed by atoms with van der Waals surface area (Å²) in [7, 11) is 0. The Balaban J connectivity index is 1.97. The lowest BCUT2D eigenvalue weighted by molar-refractivity contribution is 0.0396. The van der Waals surface area contributed by atoms with Crippen LogP contribution < -0.4 is 0 Å². The molecule has 0 aromatic heterocycles. The van der Waals surface area contributed by atoms with Crippen LogP contribution in [0.15, 0.2) is 0 Å². The van der Waals surface area contributed by atoms with E-state index in [4.69, 9.17) is 0 Å². The minimum Gasteiger partial charge on any atom is -0.0594 e. The Labute approximate surface area is 82.1 Å². The Kier molecular flexibility index (Phi) is 1.49. The minimum absolute atomic E-state index is 0.673. The number of hydrogen-bond acceptors (Lipinski definition) is 0. The van der Waals surface area contributed by atoms with Crippen molar-refractivity contribution < 1.29 is 0 Å². The average molecular weight is 178 g/mol. The molecule has 3 rings (SSSR count). The van der Waals surface area contributed by atoms with Crippen molar-refractivity contribution in [3.05, 3.63) is 0 Å². The molecular weight excluding hydrogens is 156 g/mol. The van der Waals surface area contributed by atoms with Crippen LogP contribution in [0.25, 0.3) is 0 Å². The van der Waals surface area contributed by atoms with Gasteiger partial charge in [-0.05, 0) is 54.8 Å². The first-order chi connectivity index (χ1) is 6.14. The predicted octanol–water partition coefficient (Wildman–Crippen LogP) is 4.00. The third-order valence-electron chi connectivity index (χ3n) is 5.75. The number of fused-ring (bicyclic) bond motifs is 3. The number of rotatable bonds is 0. The summed E-state index contributed by atoms with van der Waals surface area (Å²) < 4.78 is 0. The minimum atomic E-state index is 0.673. The summed E-state index contributed by atoms with van der Waals surface area (Å²) in [6, 6.07) is 0. The molecule has 3 fully saturated rings. The molecule has 1 spiro atoms. The summed E-state index contributed by atoms with van der Waals surface area (Å²) in [6.07, 6.45) is 10.9. The summed E-state index contributed by atoms with van der Waals surface area (Å²) in [5.41, 5.74) is 1.47. The Morgan fingerprint density at radius 1 is 1.08 bits per heavy atom. The van der Waals surface area contributed by atoms with Crippen molar-refractivity contribution in [3.8, 4) is 0 Å². The molecule has 3 unspecified atom stereocenters. The van der Waals surface area contributed by atoms with Crippen molar-refractivity contribution >= 4 is 0 Å². The van der Waals surface area contributed by atoms with Gasteiger partial charge in [-0.3, -0.25) is 0 Å². The van der Waals surface area contributed by atoms with Crippen molar-refractivity contribution in [3.63, 3.8) is 0 Å². The summed E-state index contributed by atoms with van der Waals surface area (Å²) in [6.45, 7) is 5.08. The summed E-state index contributed by atoms with van der Waals surface area (Å²) in [5.74, 6) is 2.25. The zero-order valence-electron chi connectivity index (χ0n) is 9.10. The van der Waals surface area contributed by atoms with E-state index in [0.717, 1.165) is 17.3 Å². The molecule has 2 bridgehead atoms. The summed E-state index contributed by atoms with van der Waals surface area (Å²) in [5, 5.41) is 0. The molecule has 3 aliphatic carbocycles. The van der Waals surface area contributed by atoms with Crippen molar-refractivity contribution in [2.75, 3.05) is 0 Å². The van der Waals surface area contributed by atoms with Gasteiger partial charge in [0, 0.05) is 0 Å². The van der Waals surface area contributed by atoms with E-state index >= 15 is 0 Å². The SMILES string of the molecule is CC1(C)CCCC12CC1CCC2C1. The van der Waals surface area contributed by atoms with Crippen molar-refractivity contribution in [1.82, 2.24) is 0 Å². The molecule has 3 aliphatic rings. The van der Waals surface area contributed by atoms with Gasteiger partial charge in [0.05, 0.1) is 0 Å². The van der Waals surface area contributed by atoms with E-state index in [1.54, 1.807) is 32.1 Å². The van der Waals surface area contributed by atoms with Gasteiger partial charge in [0.25, 0.3) is 0 Å². The van der Waals surface area contributed by atoms with E-state index in [1.807, 2.05) is 0 Å². The van der Waals surface area contributed by atoms with E-state index < -0.39 is 0 Å². The van der Waals surface area contributed by atoms with Gasteiger partial charge in [-0.25, -0.2) is 0 Å². The van der Waals surface area contributed by atoms with Gasteiger partial charge in [0.2, 0.25) is 0 Å². The van der Waals surface area contributed by atoms with E-state index in [0.29, 0.717) is 5.41 Å². The Bertz CT molecular complexity index is 228. The lowest BCUT2D eigenvalue weighted by Crippen LogP contribution is -2.37. The standard InChI is InChI=1S/C13H22/c1-12(2)6-3-7-13(12)9-10-4-5-11(13)8-10/h10-11H,3-9H2,1-2H3. The molecule has 0 amide bonds. The van der Waals surface area contributed by atoms with Crippen molar-refractivity contribution in [2.24, 2.45) is 22.7 Å². The van der Waals surface area contributed by atoms with Crippen LogP contribution in [-0.4, -0.2) is 0 Å². The largest absolute Gasteiger partial charge is 0.0594 e. The molecule has 0 heterocycles. The molecule has 0 radical (unpaired) electrons.